The predicted octanol–water partition coefficient (Wildman–Crippen LogP) is 1.38. The summed E-state index contributed by atoms with van der Waals surface area (Å²) in [6.07, 6.45) is 2.13. The first-order chi connectivity index (χ1) is 8.53. The molecule has 1 atom stereocenters. The number of nitrogens with two attached hydrogens (primary N) is 1. The third-order valence-corrected chi connectivity index (χ3v) is 3.30. The van der Waals surface area contributed by atoms with Crippen LogP contribution in [0, 0.1) is 0 Å². The molecule has 1 aromatic carbocycles. The van der Waals surface area contributed by atoms with E-state index >= 15 is 0 Å². The number of aliphatic carboxylic acids is 1. The Morgan fingerprint density at radius 2 is 2.00 bits per heavy atom. The molecule has 0 radical (unpaired) electrons. The maximum Gasteiger partial charge on any atom is 0.320 e. The smallest absolute Gasteiger partial charge is 0.320 e. The van der Waals surface area contributed by atoms with Gasteiger partial charge in [0.1, 0.15) is 17.5 Å². The van der Waals surface area contributed by atoms with Crippen molar-refractivity contribution < 1.29 is 19.4 Å². The van der Waals surface area contributed by atoms with E-state index in [0.29, 0.717) is 11.5 Å². The fourth-order valence-corrected chi connectivity index (χ4v) is 2.14. The minimum Gasteiger partial charge on any atom is -0.496 e. The van der Waals surface area contributed by atoms with Crippen LogP contribution in [0.2, 0.25) is 0 Å². The number of thioether (sulfide) groups is 1. The lowest BCUT2D eigenvalue weighted by atomic mass is 10.1. The van der Waals surface area contributed by atoms with Crippen LogP contribution in [0.4, 0.5) is 0 Å². The molecule has 0 aromatic heterocycles. The summed E-state index contributed by atoms with van der Waals surface area (Å²) in [6.45, 7) is 0. The van der Waals surface area contributed by atoms with Crippen molar-refractivity contribution in [1.82, 2.24) is 0 Å². The molecule has 0 aliphatic heterocycles. The molecule has 0 amide bonds. The van der Waals surface area contributed by atoms with Crippen LogP contribution in [0.5, 0.6) is 11.5 Å². The molecular formula is C12H17NO4S. The average Bonchev–Trinajstić information content (AvgIpc) is 2.37. The van der Waals surface area contributed by atoms with Gasteiger partial charge >= 0.3 is 5.97 Å². The molecule has 0 bridgehead atoms. The lowest BCUT2D eigenvalue weighted by Gasteiger charge is -2.15. The second-order valence-corrected chi connectivity index (χ2v) is 4.52. The summed E-state index contributed by atoms with van der Waals surface area (Å²) in [7, 11) is 3.12. The lowest BCUT2D eigenvalue weighted by Crippen LogP contribution is -2.32. The molecule has 0 spiro atoms. The van der Waals surface area contributed by atoms with Crippen LogP contribution >= 0.6 is 11.8 Å². The largest absolute Gasteiger partial charge is 0.496 e. The van der Waals surface area contributed by atoms with Crippen LogP contribution in [-0.4, -0.2) is 37.6 Å². The minimum absolute atomic E-state index is 0.198. The van der Waals surface area contributed by atoms with E-state index in [4.69, 9.17) is 20.3 Å². The van der Waals surface area contributed by atoms with Crippen molar-refractivity contribution in [2.45, 2.75) is 17.4 Å². The van der Waals surface area contributed by atoms with Crippen molar-refractivity contribution in [3.63, 3.8) is 0 Å². The summed E-state index contributed by atoms with van der Waals surface area (Å²) in [5, 5.41) is 8.83. The zero-order chi connectivity index (χ0) is 13.7. The first-order valence-electron chi connectivity index (χ1n) is 5.30. The Balaban J connectivity index is 3.13. The molecule has 18 heavy (non-hydrogen) atoms. The van der Waals surface area contributed by atoms with E-state index in [1.54, 1.807) is 20.3 Å². The van der Waals surface area contributed by atoms with Crippen LogP contribution in [0.3, 0.4) is 0 Å². The van der Waals surface area contributed by atoms with Crippen LogP contribution < -0.4 is 15.2 Å². The molecule has 5 nitrogen and oxygen atoms in total. The van der Waals surface area contributed by atoms with Gasteiger partial charge in [-0.3, -0.25) is 4.79 Å². The van der Waals surface area contributed by atoms with Crippen LogP contribution in [0.15, 0.2) is 17.0 Å². The van der Waals surface area contributed by atoms with Crippen molar-refractivity contribution in [2.24, 2.45) is 5.73 Å². The fraction of sp³-hybridized carbons (Fsp3) is 0.417. The molecule has 6 heteroatoms. The van der Waals surface area contributed by atoms with E-state index in [1.165, 1.54) is 11.8 Å². The van der Waals surface area contributed by atoms with E-state index in [9.17, 15) is 4.79 Å². The van der Waals surface area contributed by atoms with Crippen LogP contribution in [0.25, 0.3) is 0 Å². The molecular weight excluding hydrogens is 254 g/mol. The SMILES string of the molecule is COc1cc(SC)c(OC)cc1CC(N)C(=O)O. The molecule has 0 aliphatic carbocycles. The number of carbonyl (C=O) groups is 1. The standard InChI is InChI=1S/C12H17NO4S/c1-16-9-6-11(18-3)10(17-2)5-7(9)4-8(13)12(14)15/h5-6,8H,4,13H2,1-3H3,(H,14,15). The highest BCUT2D eigenvalue weighted by Gasteiger charge is 2.17. The highest BCUT2D eigenvalue weighted by atomic mass is 32.2. The van der Waals surface area contributed by atoms with E-state index in [1.807, 2.05) is 12.3 Å². The van der Waals surface area contributed by atoms with Crippen molar-refractivity contribution in [2.75, 3.05) is 20.5 Å². The van der Waals surface area contributed by atoms with Gasteiger partial charge in [-0.2, -0.15) is 0 Å². The minimum atomic E-state index is -1.04. The Morgan fingerprint density at radius 1 is 1.39 bits per heavy atom. The van der Waals surface area contributed by atoms with Crippen molar-refractivity contribution in [3.8, 4) is 11.5 Å². The van der Waals surface area contributed by atoms with Gasteiger partial charge < -0.3 is 20.3 Å². The molecule has 3 N–H and O–H groups in total. The Labute approximate surface area is 110 Å². The summed E-state index contributed by atoms with van der Waals surface area (Å²) >= 11 is 1.53. The number of benzene rings is 1. The Kier molecular flexibility index (Phi) is 5.30. The van der Waals surface area contributed by atoms with Gasteiger partial charge in [-0.05, 0) is 24.0 Å². The molecule has 0 heterocycles. The van der Waals surface area contributed by atoms with Gasteiger partial charge in [0.05, 0.1) is 19.1 Å². The van der Waals surface area contributed by atoms with E-state index < -0.39 is 12.0 Å². The van der Waals surface area contributed by atoms with Gasteiger partial charge in [0.15, 0.2) is 0 Å². The second kappa shape index (κ2) is 6.51. The summed E-state index contributed by atoms with van der Waals surface area (Å²) < 4.78 is 10.5. The van der Waals surface area contributed by atoms with Gasteiger partial charge in [0.25, 0.3) is 0 Å². The molecule has 1 aromatic rings. The Hall–Kier alpha value is -1.40. The first-order valence-corrected chi connectivity index (χ1v) is 6.53. The lowest BCUT2D eigenvalue weighted by molar-refractivity contribution is -0.138. The number of ether oxygens (including phenoxy) is 2. The second-order valence-electron chi connectivity index (χ2n) is 3.67. The third kappa shape index (κ3) is 3.30. The summed E-state index contributed by atoms with van der Waals surface area (Å²) in [4.78, 5) is 11.7. The van der Waals surface area contributed by atoms with E-state index in [-0.39, 0.29) is 6.42 Å². The number of carboxylic acids is 1. The monoisotopic (exact) mass is 271 g/mol. The molecule has 0 saturated heterocycles. The van der Waals surface area contributed by atoms with Crippen LogP contribution in [-0.2, 0) is 11.2 Å². The van der Waals surface area contributed by atoms with Crippen molar-refractivity contribution in [1.29, 1.82) is 0 Å². The van der Waals surface area contributed by atoms with Gasteiger partial charge in [-0.1, -0.05) is 0 Å². The number of rotatable bonds is 6. The molecule has 0 saturated carbocycles. The molecule has 100 valence electrons. The fourth-order valence-electron chi connectivity index (χ4n) is 1.58. The third-order valence-electron chi connectivity index (χ3n) is 2.54. The maximum atomic E-state index is 10.8. The maximum absolute atomic E-state index is 10.8. The molecule has 0 fully saturated rings. The summed E-state index contributed by atoms with van der Waals surface area (Å²) in [5.41, 5.74) is 6.26. The molecule has 1 unspecified atom stereocenters. The first kappa shape index (κ1) is 14.7. The average molecular weight is 271 g/mol. The molecule has 0 aliphatic rings. The van der Waals surface area contributed by atoms with Gasteiger partial charge in [0.2, 0.25) is 0 Å². The number of carboxylic acid groups (broad SMARTS) is 1. The topological polar surface area (TPSA) is 81.8 Å². The number of hydrogen-bond donors (Lipinski definition) is 2. The summed E-state index contributed by atoms with van der Waals surface area (Å²) in [6, 6.07) is 2.64. The highest BCUT2D eigenvalue weighted by Crippen LogP contribution is 2.34. The van der Waals surface area contributed by atoms with Gasteiger partial charge in [0, 0.05) is 6.42 Å². The number of hydrogen-bond acceptors (Lipinski definition) is 5. The predicted molar refractivity (Wildman–Crippen MR) is 70.6 cm³/mol. The quantitative estimate of drug-likeness (QED) is 0.761. The van der Waals surface area contributed by atoms with E-state index in [2.05, 4.69) is 0 Å². The Morgan fingerprint density at radius 3 is 2.44 bits per heavy atom. The highest BCUT2D eigenvalue weighted by molar-refractivity contribution is 7.98. The van der Waals surface area contributed by atoms with Crippen molar-refractivity contribution >= 4 is 17.7 Å². The Bertz CT molecular complexity index is 436. The van der Waals surface area contributed by atoms with Crippen LogP contribution in [0.1, 0.15) is 5.56 Å². The van der Waals surface area contributed by atoms with Gasteiger partial charge in [-0.15, -0.1) is 11.8 Å². The van der Waals surface area contributed by atoms with Gasteiger partial charge in [-0.25, -0.2) is 0 Å². The number of methoxy groups -OCH3 is 2. The molecule has 1 rings (SSSR count). The van der Waals surface area contributed by atoms with Crippen molar-refractivity contribution in [3.05, 3.63) is 17.7 Å². The normalized spacial score (nSPS) is 12.0. The van der Waals surface area contributed by atoms with E-state index in [0.717, 1.165) is 10.5 Å². The zero-order valence-electron chi connectivity index (χ0n) is 10.6. The zero-order valence-corrected chi connectivity index (χ0v) is 11.4. The summed E-state index contributed by atoms with van der Waals surface area (Å²) in [5.74, 6) is 0.276.